The third-order valence-corrected chi connectivity index (χ3v) is 4.19. The van der Waals surface area contributed by atoms with Crippen LogP contribution in [0.1, 0.15) is 36.7 Å². The Morgan fingerprint density at radius 1 is 1.55 bits per heavy atom. The number of nitrogens with zero attached hydrogens (tertiary/aromatic N) is 2. The number of amides is 1. The van der Waals surface area contributed by atoms with Crippen molar-refractivity contribution >= 4 is 21.8 Å². The second-order valence-electron chi connectivity index (χ2n) is 5.45. The topological polar surface area (TPSA) is 34.5 Å². The Morgan fingerprint density at radius 3 is 3.05 bits per heavy atom. The average molecular weight is 343 g/mol. The minimum Gasteiger partial charge on any atom is -0.384 e. The molecule has 1 aliphatic rings. The first-order valence-electron chi connectivity index (χ1n) is 7.29. The Labute approximate surface area is 129 Å². The summed E-state index contributed by atoms with van der Waals surface area (Å²) >= 11 is 3.47. The highest BCUT2D eigenvalue weighted by molar-refractivity contribution is 9.10. The summed E-state index contributed by atoms with van der Waals surface area (Å²) in [5, 5.41) is 0. The Morgan fingerprint density at radius 2 is 2.35 bits per heavy atom. The second-order valence-corrected chi connectivity index (χ2v) is 6.37. The third kappa shape index (κ3) is 3.64. The van der Waals surface area contributed by atoms with Crippen LogP contribution in [0.5, 0.6) is 0 Å². The van der Waals surface area contributed by atoms with Gasteiger partial charge in [-0.25, -0.2) is 0 Å². The Bertz CT molecular complexity index is 457. The lowest BCUT2D eigenvalue weighted by atomic mass is 9.99. The Kier molecular flexibility index (Phi) is 5.66. The molecule has 1 aromatic rings. The first-order chi connectivity index (χ1) is 9.65. The Balaban J connectivity index is 2.10. The number of ether oxygens (including phenoxy) is 1. The van der Waals surface area contributed by atoms with Crippen molar-refractivity contribution in [3.8, 4) is 0 Å². The zero-order chi connectivity index (χ0) is 14.5. The summed E-state index contributed by atoms with van der Waals surface area (Å²) in [7, 11) is 1.73. The van der Waals surface area contributed by atoms with E-state index in [4.69, 9.17) is 4.74 Å². The lowest BCUT2D eigenvalue weighted by Gasteiger charge is -2.32. The van der Waals surface area contributed by atoms with E-state index < -0.39 is 0 Å². The van der Waals surface area contributed by atoms with E-state index in [2.05, 4.69) is 22.9 Å². The van der Waals surface area contributed by atoms with Crippen molar-refractivity contribution in [3.63, 3.8) is 0 Å². The van der Waals surface area contributed by atoms with Crippen molar-refractivity contribution in [3.05, 3.63) is 22.4 Å². The summed E-state index contributed by atoms with van der Waals surface area (Å²) in [6.07, 6.45) is 5.23. The fraction of sp³-hybridized carbons (Fsp3) is 0.667. The maximum Gasteiger partial charge on any atom is 0.270 e. The van der Waals surface area contributed by atoms with E-state index in [1.165, 1.54) is 0 Å². The maximum absolute atomic E-state index is 12.7. The van der Waals surface area contributed by atoms with Gasteiger partial charge in [0.05, 0.1) is 6.61 Å². The standard InChI is InChI=1S/C15H23BrN2O2/c1-3-6-17-10-13(16)8-14(17)15(19)18-7-4-5-12(9-18)11-20-2/h8,10,12H,3-7,9,11H2,1-2H3. The fourth-order valence-corrected chi connectivity index (χ4v) is 3.33. The molecule has 1 aromatic heterocycles. The van der Waals surface area contributed by atoms with Gasteiger partial charge in [-0.1, -0.05) is 6.92 Å². The number of hydrogen-bond donors (Lipinski definition) is 0. The van der Waals surface area contributed by atoms with Crippen molar-refractivity contribution in [2.24, 2.45) is 5.92 Å². The van der Waals surface area contributed by atoms with Crippen molar-refractivity contribution < 1.29 is 9.53 Å². The molecule has 1 fully saturated rings. The zero-order valence-corrected chi connectivity index (χ0v) is 13.9. The molecule has 2 heterocycles. The molecule has 0 aromatic carbocycles. The number of carbonyl (C=O) groups excluding carboxylic acids is 1. The van der Waals surface area contributed by atoms with E-state index in [1.54, 1.807) is 7.11 Å². The molecule has 112 valence electrons. The summed E-state index contributed by atoms with van der Waals surface area (Å²) in [5.74, 6) is 0.612. The highest BCUT2D eigenvalue weighted by Crippen LogP contribution is 2.22. The van der Waals surface area contributed by atoms with Crippen LogP contribution in [0.25, 0.3) is 0 Å². The minimum atomic E-state index is 0.143. The number of aromatic nitrogens is 1. The first-order valence-corrected chi connectivity index (χ1v) is 8.09. The van der Waals surface area contributed by atoms with E-state index in [-0.39, 0.29) is 5.91 Å². The lowest BCUT2D eigenvalue weighted by Crippen LogP contribution is -2.41. The van der Waals surface area contributed by atoms with Gasteiger partial charge in [0.2, 0.25) is 0 Å². The monoisotopic (exact) mass is 342 g/mol. The predicted octanol–water partition coefficient (Wildman–Crippen LogP) is 3.16. The molecular weight excluding hydrogens is 320 g/mol. The van der Waals surface area contributed by atoms with Gasteiger partial charge in [-0.05, 0) is 47.2 Å². The van der Waals surface area contributed by atoms with Gasteiger partial charge in [0.15, 0.2) is 0 Å². The number of halogens is 1. The number of rotatable bonds is 5. The van der Waals surface area contributed by atoms with E-state index in [1.807, 2.05) is 21.7 Å². The van der Waals surface area contributed by atoms with Crippen LogP contribution >= 0.6 is 15.9 Å². The molecule has 1 amide bonds. The number of piperidine rings is 1. The summed E-state index contributed by atoms with van der Waals surface area (Å²) in [6.45, 7) is 5.40. The summed E-state index contributed by atoms with van der Waals surface area (Å²) < 4.78 is 8.25. The molecule has 0 N–H and O–H groups in total. The quantitative estimate of drug-likeness (QED) is 0.823. The molecule has 1 saturated heterocycles. The minimum absolute atomic E-state index is 0.143. The third-order valence-electron chi connectivity index (χ3n) is 3.76. The summed E-state index contributed by atoms with van der Waals surface area (Å²) in [6, 6.07) is 1.93. The van der Waals surface area contributed by atoms with Gasteiger partial charge in [0.25, 0.3) is 5.91 Å². The van der Waals surface area contributed by atoms with Gasteiger partial charge in [0.1, 0.15) is 5.69 Å². The average Bonchev–Trinajstić information content (AvgIpc) is 2.80. The first kappa shape index (κ1) is 15.6. The highest BCUT2D eigenvalue weighted by Gasteiger charge is 2.26. The molecular formula is C15H23BrN2O2. The highest BCUT2D eigenvalue weighted by atomic mass is 79.9. The van der Waals surface area contributed by atoms with Gasteiger partial charge in [0, 0.05) is 37.4 Å². The lowest BCUT2D eigenvalue weighted by molar-refractivity contribution is 0.0561. The number of likely N-dealkylation sites (tertiary alicyclic amines) is 1. The van der Waals surface area contributed by atoms with Crippen LogP contribution in [0.4, 0.5) is 0 Å². The smallest absolute Gasteiger partial charge is 0.270 e. The normalized spacial score (nSPS) is 19.4. The van der Waals surface area contributed by atoms with Gasteiger partial charge in [-0.3, -0.25) is 4.79 Å². The van der Waals surface area contributed by atoms with Gasteiger partial charge in [-0.15, -0.1) is 0 Å². The number of carbonyl (C=O) groups is 1. The van der Waals surface area contributed by atoms with Crippen LogP contribution in [0.2, 0.25) is 0 Å². The van der Waals surface area contributed by atoms with Gasteiger partial charge >= 0.3 is 0 Å². The molecule has 2 rings (SSSR count). The van der Waals surface area contributed by atoms with E-state index >= 15 is 0 Å². The molecule has 20 heavy (non-hydrogen) atoms. The van der Waals surface area contributed by atoms with Gasteiger partial charge < -0.3 is 14.2 Å². The van der Waals surface area contributed by atoms with E-state index in [0.29, 0.717) is 5.92 Å². The molecule has 1 unspecified atom stereocenters. The molecule has 0 bridgehead atoms. The van der Waals surface area contributed by atoms with Crippen LogP contribution in [-0.4, -0.2) is 42.2 Å². The van der Waals surface area contributed by atoms with Crippen molar-refractivity contribution in [1.82, 2.24) is 9.47 Å². The molecule has 1 atom stereocenters. The molecule has 1 aliphatic heterocycles. The number of methoxy groups -OCH3 is 1. The Hall–Kier alpha value is -0.810. The molecule has 0 aliphatic carbocycles. The second kappa shape index (κ2) is 7.27. The van der Waals surface area contributed by atoms with Crippen LogP contribution in [0, 0.1) is 5.92 Å². The fourth-order valence-electron chi connectivity index (χ4n) is 2.86. The SMILES string of the molecule is CCCn1cc(Br)cc1C(=O)N1CCCC(COC)C1. The van der Waals surface area contributed by atoms with Crippen molar-refractivity contribution in [2.45, 2.75) is 32.7 Å². The number of aryl methyl sites for hydroxylation is 1. The molecule has 0 spiro atoms. The number of hydrogen-bond acceptors (Lipinski definition) is 2. The van der Waals surface area contributed by atoms with Crippen LogP contribution in [-0.2, 0) is 11.3 Å². The summed E-state index contributed by atoms with van der Waals surface area (Å²) in [4.78, 5) is 14.7. The van der Waals surface area contributed by atoms with Crippen LogP contribution in [0.15, 0.2) is 16.7 Å². The van der Waals surface area contributed by atoms with E-state index in [0.717, 1.165) is 55.7 Å². The van der Waals surface area contributed by atoms with E-state index in [9.17, 15) is 4.79 Å². The zero-order valence-electron chi connectivity index (χ0n) is 12.3. The van der Waals surface area contributed by atoms with Crippen LogP contribution in [0.3, 0.4) is 0 Å². The molecule has 4 nitrogen and oxygen atoms in total. The van der Waals surface area contributed by atoms with Gasteiger partial charge in [-0.2, -0.15) is 0 Å². The predicted molar refractivity (Wildman–Crippen MR) is 82.9 cm³/mol. The van der Waals surface area contributed by atoms with Crippen LogP contribution < -0.4 is 0 Å². The largest absolute Gasteiger partial charge is 0.384 e. The maximum atomic E-state index is 12.7. The summed E-state index contributed by atoms with van der Waals surface area (Å²) in [5.41, 5.74) is 0.789. The molecule has 0 radical (unpaired) electrons. The van der Waals surface area contributed by atoms with Crippen molar-refractivity contribution in [2.75, 3.05) is 26.8 Å². The molecule has 0 saturated carbocycles. The molecule has 5 heteroatoms. The van der Waals surface area contributed by atoms with Crippen molar-refractivity contribution in [1.29, 1.82) is 0 Å².